The maximum atomic E-state index is 12.0. The van der Waals surface area contributed by atoms with Gasteiger partial charge in [0, 0.05) is 5.69 Å². The Labute approximate surface area is 167 Å². The molecule has 7 nitrogen and oxygen atoms in total. The zero-order valence-corrected chi connectivity index (χ0v) is 16.5. The molecule has 0 aliphatic heterocycles. The van der Waals surface area contributed by atoms with Crippen molar-refractivity contribution in [2.45, 2.75) is 19.0 Å². The van der Waals surface area contributed by atoms with Crippen molar-refractivity contribution in [3.63, 3.8) is 0 Å². The molecule has 3 rings (SSSR count). The fraction of sp³-hybridized carbons (Fsp3) is 0.250. The molecule has 0 saturated carbocycles. The van der Waals surface area contributed by atoms with Crippen LogP contribution < -0.4 is 10.1 Å². The van der Waals surface area contributed by atoms with Gasteiger partial charge in [0.15, 0.2) is 5.16 Å². The molecule has 1 N–H and O–H groups in total. The molecule has 0 bridgehead atoms. The summed E-state index contributed by atoms with van der Waals surface area (Å²) in [4.78, 5) is 28.0. The van der Waals surface area contributed by atoms with Crippen LogP contribution in [-0.4, -0.2) is 40.5 Å². The van der Waals surface area contributed by atoms with Crippen LogP contribution in [0.1, 0.15) is 13.8 Å². The molecule has 8 heteroatoms. The molecule has 1 heterocycles. The van der Waals surface area contributed by atoms with Gasteiger partial charge in [0.2, 0.25) is 5.91 Å². The number of nitrogens with one attached hydrogen (secondary N) is 1. The van der Waals surface area contributed by atoms with Gasteiger partial charge in [-0.15, -0.1) is 0 Å². The first-order chi connectivity index (χ1) is 13.6. The maximum Gasteiger partial charge on any atom is 0.413 e. The Kier molecular flexibility index (Phi) is 6.54. The minimum atomic E-state index is -0.742. The Balaban J connectivity index is 1.85. The van der Waals surface area contributed by atoms with Crippen molar-refractivity contribution in [1.82, 2.24) is 14.9 Å². The lowest BCUT2D eigenvalue weighted by Gasteiger charge is -2.10. The molecule has 0 fully saturated rings. The molecule has 0 unspecified atom stereocenters. The third kappa shape index (κ3) is 4.64. The lowest BCUT2D eigenvalue weighted by atomic mass is 10.2. The molecule has 0 spiro atoms. The Morgan fingerprint density at radius 3 is 2.54 bits per heavy atom. The van der Waals surface area contributed by atoms with Gasteiger partial charge in [-0.05, 0) is 50.2 Å². The Morgan fingerprint density at radius 1 is 1.07 bits per heavy atom. The summed E-state index contributed by atoms with van der Waals surface area (Å²) < 4.78 is 12.2. The van der Waals surface area contributed by atoms with Crippen LogP contribution in [0, 0.1) is 0 Å². The first-order valence-electron chi connectivity index (χ1n) is 8.92. The van der Waals surface area contributed by atoms with E-state index in [2.05, 4.69) is 10.3 Å². The minimum absolute atomic E-state index is 0.0408. The number of thioether (sulfide) groups is 1. The van der Waals surface area contributed by atoms with Crippen LogP contribution in [0.2, 0.25) is 0 Å². The van der Waals surface area contributed by atoms with Crippen LogP contribution in [0.5, 0.6) is 5.75 Å². The largest absolute Gasteiger partial charge is 0.494 e. The summed E-state index contributed by atoms with van der Waals surface area (Å²) in [7, 11) is 0. The van der Waals surface area contributed by atoms with Gasteiger partial charge in [0.1, 0.15) is 5.75 Å². The number of fused-ring (bicyclic) bond motifs is 1. The lowest BCUT2D eigenvalue weighted by molar-refractivity contribution is -0.117. The second-order valence-corrected chi connectivity index (χ2v) is 6.65. The van der Waals surface area contributed by atoms with Crippen LogP contribution in [-0.2, 0) is 9.53 Å². The highest BCUT2D eigenvalue weighted by Gasteiger charge is 2.15. The number of carbonyl (C=O) groups excluding carboxylic acids is 2. The van der Waals surface area contributed by atoms with Crippen molar-refractivity contribution < 1.29 is 19.1 Å². The second kappa shape index (κ2) is 9.27. The van der Waals surface area contributed by atoms with Crippen molar-refractivity contribution in [2.75, 3.05) is 19.0 Å². The SMILES string of the molecule is CCOC(=O)NC(=O)CSc1nc2ccccc2n1-c1ccc(OCC)cc1. The number of ether oxygens (including phenoxy) is 2. The molecule has 2 aromatic carbocycles. The van der Waals surface area contributed by atoms with E-state index in [0.717, 1.165) is 22.5 Å². The predicted molar refractivity (Wildman–Crippen MR) is 108 cm³/mol. The molecule has 146 valence electrons. The maximum absolute atomic E-state index is 12.0. The van der Waals surface area contributed by atoms with Gasteiger partial charge in [-0.3, -0.25) is 14.7 Å². The van der Waals surface area contributed by atoms with Crippen LogP contribution in [0.25, 0.3) is 16.7 Å². The van der Waals surface area contributed by atoms with E-state index in [9.17, 15) is 9.59 Å². The number of nitrogens with zero attached hydrogens (tertiary/aromatic N) is 2. The number of alkyl carbamates (subject to hydrolysis) is 1. The van der Waals surface area contributed by atoms with E-state index in [1.54, 1.807) is 6.92 Å². The molecular weight excluding hydrogens is 378 g/mol. The number of aromatic nitrogens is 2. The summed E-state index contributed by atoms with van der Waals surface area (Å²) in [6, 6.07) is 15.4. The molecule has 3 aromatic rings. The third-order valence-electron chi connectivity index (χ3n) is 3.79. The van der Waals surface area contributed by atoms with Crippen molar-refractivity contribution in [1.29, 1.82) is 0 Å². The quantitative estimate of drug-likeness (QED) is 0.609. The highest BCUT2D eigenvalue weighted by atomic mass is 32.2. The van der Waals surface area contributed by atoms with E-state index in [4.69, 9.17) is 9.47 Å². The summed E-state index contributed by atoms with van der Waals surface area (Å²) in [6.07, 6.45) is -0.742. The highest BCUT2D eigenvalue weighted by Crippen LogP contribution is 2.28. The molecule has 0 aliphatic rings. The Hall–Kier alpha value is -3.00. The molecule has 0 atom stereocenters. The van der Waals surface area contributed by atoms with Gasteiger partial charge >= 0.3 is 6.09 Å². The lowest BCUT2D eigenvalue weighted by Crippen LogP contribution is -2.32. The van der Waals surface area contributed by atoms with Gasteiger partial charge in [-0.2, -0.15) is 0 Å². The number of imidazole rings is 1. The van der Waals surface area contributed by atoms with E-state index in [1.165, 1.54) is 11.8 Å². The van der Waals surface area contributed by atoms with E-state index in [1.807, 2.05) is 60.0 Å². The number of rotatable bonds is 7. The number of hydrogen-bond donors (Lipinski definition) is 1. The average molecular weight is 399 g/mol. The highest BCUT2D eigenvalue weighted by molar-refractivity contribution is 7.99. The average Bonchev–Trinajstić information content (AvgIpc) is 3.06. The normalized spacial score (nSPS) is 10.6. The van der Waals surface area contributed by atoms with Gasteiger partial charge < -0.3 is 9.47 Å². The fourth-order valence-corrected chi connectivity index (χ4v) is 3.48. The standard InChI is InChI=1S/C20H21N3O4S/c1-3-26-15-11-9-14(10-12-15)23-17-8-6-5-7-16(17)21-19(23)28-13-18(24)22-20(25)27-4-2/h5-12H,3-4,13H2,1-2H3,(H,22,24,25). The molecular formula is C20H21N3O4S. The number of amides is 2. The summed E-state index contributed by atoms with van der Waals surface area (Å²) in [6.45, 7) is 4.43. The van der Waals surface area contributed by atoms with E-state index >= 15 is 0 Å². The van der Waals surface area contributed by atoms with Crippen molar-refractivity contribution in [3.8, 4) is 11.4 Å². The summed E-state index contributed by atoms with van der Waals surface area (Å²) in [5.41, 5.74) is 2.66. The van der Waals surface area contributed by atoms with Crippen molar-refractivity contribution >= 4 is 34.8 Å². The summed E-state index contributed by atoms with van der Waals surface area (Å²) in [5, 5.41) is 2.85. The number of para-hydroxylation sites is 2. The number of benzene rings is 2. The Morgan fingerprint density at radius 2 is 1.82 bits per heavy atom. The van der Waals surface area contributed by atoms with E-state index < -0.39 is 12.0 Å². The Bertz CT molecular complexity index is 969. The van der Waals surface area contributed by atoms with Crippen LogP contribution >= 0.6 is 11.8 Å². The van der Waals surface area contributed by atoms with Crippen LogP contribution in [0.15, 0.2) is 53.7 Å². The van der Waals surface area contributed by atoms with Gasteiger partial charge in [-0.1, -0.05) is 23.9 Å². The number of imide groups is 1. The molecule has 0 saturated heterocycles. The zero-order chi connectivity index (χ0) is 19.9. The topological polar surface area (TPSA) is 82.5 Å². The van der Waals surface area contributed by atoms with Gasteiger partial charge in [0.25, 0.3) is 0 Å². The van der Waals surface area contributed by atoms with Crippen LogP contribution in [0.4, 0.5) is 4.79 Å². The van der Waals surface area contributed by atoms with E-state index in [-0.39, 0.29) is 12.4 Å². The van der Waals surface area contributed by atoms with Gasteiger partial charge in [0.05, 0.1) is 30.0 Å². The smallest absolute Gasteiger partial charge is 0.413 e. The fourth-order valence-electron chi connectivity index (χ4n) is 2.66. The number of hydrogen-bond acceptors (Lipinski definition) is 6. The summed E-state index contributed by atoms with van der Waals surface area (Å²) >= 11 is 1.25. The van der Waals surface area contributed by atoms with Gasteiger partial charge in [-0.25, -0.2) is 9.78 Å². The summed E-state index contributed by atoms with van der Waals surface area (Å²) in [5.74, 6) is 0.395. The van der Waals surface area contributed by atoms with E-state index in [0.29, 0.717) is 11.8 Å². The first-order valence-corrected chi connectivity index (χ1v) is 9.91. The predicted octanol–water partition coefficient (Wildman–Crippen LogP) is 3.79. The van der Waals surface area contributed by atoms with Crippen LogP contribution in [0.3, 0.4) is 0 Å². The van der Waals surface area contributed by atoms with Crippen molar-refractivity contribution in [2.24, 2.45) is 0 Å². The molecule has 1 aromatic heterocycles. The zero-order valence-electron chi connectivity index (χ0n) is 15.7. The monoisotopic (exact) mass is 399 g/mol. The molecule has 28 heavy (non-hydrogen) atoms. The first kappa shape index (κ1) is 19.8. The number of carbonyl (C=O) groups is 2. The molecule has 0 aliphatic carbocycles. The molecule has 0 radical (unpaired) electrons. The molecule has 2 amide bonds. The third-order valence-corrected chi connectivity index (χ3v) is 4.72. The minimum Gasteiger partial charge on any atom is -0.494 e. The van der Waals surface area contributed by atoms with Crippen molar-refractivity contribution in [3.05, 3.63) is 48.5 Å². The second-order valence-electron chi connectivity index (χ2n) is 5.70.